The van der Waals surface area contributed by atoms with E-state index in [2.05, 4.69) is 5.10 Å². The maximum Gasteiger partial charge on any atom is 0.196 e. The lowest BCUT2D eigenvalue weighted by Gasteiger charge is -2.01. The van der Waals surface area contributed by atoms with Crippen LogP contribution in [0.3, 0.4) is 0 Å². The minimum atomic E-state index is -1.45. The lowest BCUT2D eigenvalue weighted by molar-refractivity contribution is -0.255. The van der Waals surface area contributed by atoms with E-state index in [1.807, 2.05) is 0 Å². The minimum absolute atomic E-state index is 0.0405. The number of benzene rings is 1. The molecule has 0 saturated carbocycles. The molecule has 0 bridgehead atoms. The number of hydrogen-bond acceptors (Lipinski definition) is 4. The van der Waals surface area contributed by atoms with Gasteiger partial charge in [-0.2, -0.15) is 5.10 Å². The first-order chi connectivity index (χ1) is 8.09. The molecule has 1 heterocycles. The second-order valence-corrected chi connectivity index (χ2v) is 3.55. The minimum Gasteiger partial charge on any atom is -0.543 e. The Kier molecular flexibility index (Phi) is 2.74. The molecule has 0 fully saturated rings. The first-order valence-electron chi connectivity index (χ1n) is 4.94. The Labute approximate surface area is 97.3 Å². The van der Waals surface area contributed by atoms with Gasteiger partial charge in [-0.15, -0.1) is 0 Å². The first-order valence-corrected chi connectivity index (χ1v) is 4.94. The maximum absolute atomic E-state index is 12.0. The van der Waals surface area contributed by atoms with Crippen molar-refractivity contribution in [2.45, 2.75) is 0 Å². The fourth-order valence-corrected chi connectivity index (χ4v) is 1.55. The molecule has 5 heteroatoms. The van der Waals surface area contributed by atoms with Crippen molar-refractivity contribution in [3.63, 3.8) is 0 Å². The lowest BCUT2D eigenvalue weighted by Crippen LogP contribution is -2.25. The topological polar surface area (TPSA) is 75.0 Å². The van der Waals surface area contributed by atoms with E-state index in [0.717, 1.165) is 0 Å². The van der Waals surface area contributed by atoms with E-state index >= 15 is 0 Å². The molecule has 0 aliphatic heterocycles. The molecule has 0 aliphatic carbocycles. The van der Waals surface area contributed by atoms with Gasteiger partial charge in [0.1, 0.15) is 5.69 Å². The fraction of sp³-hybridized carbons (Fsp3) is 0.0833. The average Bonchev–Trinajstić information content (AvgIpc) is 2.72. The number of rotatable bonds is 3. The van der Waals surface area contributed by atoms with Crippen molar-refractivity contribution in [1.82, 2.24) is 9.78 Å². The number of hydrogen-bond donors (Lipinski definition) is 0. The second-order valence-electron chi connectivity index (χ2n) is 3.55. The Bertz CT molecular complexity index is 573. The lowest BCUT2D eigenvalue weighted by atomic mass is 10.0. The summed E-state index contributed by atoms with van der Waals surface area (Å²) < 4.78 is 1.28. The van der Waals surface area contributed by atoms with E-state index in [1.165, 1.54) is 10.9 Å². The highest BCUT2D eigenvalue weighted by atomic mass is 16.4. The van der Waals surface area contributed by atoms with Gasteiger partial charge in [0.05, 0.1) is 11.5 Å². The largest absolute Gasteiger partial charge is 0.543 e. The van der Waals surface area contributed by atoms with E-state index in [-0.39, 0.29) is 17.0 Å². The number of nitrogens with zero attached hydrogens (tertiary/aromatic N) is 2. The molecule has 0 atom stereocenters. The van der Waals surface area contributed by atoms with Crippen LogP contribution < -0.4 is 5.11 Å². The van der Waals surface area contributed by atoms with Crippen molar-refractivity contribution in [2.24, 2.45) is 7.05 Å². The highest BCUT2D eigenvalue weighted by Gasteiger charge is 2.17. The number of carboxylic acid groups (broad SMARTS) is 1. The summed E-state index contributed by atoms with van der Waals surface area (Å²) >= 11 is 0. The van der Waals surface area contributed by atoms with Crippen molar-refractivity contribution in [1.29, 1.82) is 0 Å². The highest BCUT2D eigenvalue weighted by Crippen LogP contribution is 2.12. The van der Waals surface area contributed by atoms with Crippen LogP contribution in [0.5, 0.6) is 0 Å². The van der Waals surface area contributed by atoms with E-state index < -0.39 is 5.97 Å². The first kappa shape index (κ1) is 11.1. The smallest absolute Gasteiger partial charge is 0.196 e. The summed E-state index contributed by atoms with van der Waals surface area (Å²) in [5.74, 6) is -1.83. The van der Waals surface area contributed by atoms with Crippen molar-refractivity contribution in [2.75, 3.05) is 0 Å². The van der Waals surface area contributed by atoms with Crippen LogP contribution in [-0.4, -0.2) is 21.5 Å². The van der Waals surface area contributed by atoms with Gasteiger partial charge < -0.3 is 9.90 Å². The van der Waals surface area contributed by atoms with E-state index in [4.69, 9.17) is 0 Å². The number of carbonyl (C=O) groups is 2. The molecule has 2 rings (SSSR count). The Morgan fingerprint density at radius 1 is 1.24 bits per heavy atom. The number of ketones is 1. The summed E-state index contributed by atoms with van der Waals surface area (Å²) in [4.78, 5) is 22.9. The Morgan fingerprint density at radius 2 is 1.88 bits per heavy atom. The average molecular weight is 229 g/mol. The van der Waals surface area contributed by atoms with E-state index in [0.29, 0.717) is 5.56 Å². The summed E-state index contributed by atoms with van der Waals surface area (Å²) in [6, 6.07) is 8.44. The SMILES string of the molecule is Cn1cc(C(=O)c2ccccc2)c(C(=O)[O-])n1. The maximum atomic E-state index is 12.0. The van der Waals surface area contributed by atoms with Crippen molar-refractivity contribution in [3.05, 3.63) is 53.3 Å². The van der Waals surface area contributed by atoms with Crippen LogP contribution in [0.4, 0.5) is 0 Å². The number of aromatic carboxylic acids is 1. The van der Waals surface area contributed by atoms with Gasteiger partial charge in [0.15, 0.2) is 5.78 Å². The van der Waals surface area contributed by atoms with Crippen LogP contribution in [0.1, 0.15) is 26.4 Å². The van der Waals surface area contributed by atoms with Crippen molar-refractivity contribution in [3.8, 4) is 0 Å². The number of carboxylic acids is 1. The number of aromatic nitrogens is 2. The molecule has 5 nitrogen and oxygen atoms in total. The zero-order valence-electron chi connectivity index (χ0n) is 9.08. The van der Waals surface area contributed by atoms with E-state index in [1.54, 1.807) is 37.4 Å². The Balaban J connectivity index is 2.48. The molecule has 17 heavy (non-hydrogen) atoms. The van der Waals surface area contributed by atoms with Crippen LogP contribution in [-0.2, 0) is 7.05 Å². The molecule has 0 amide bonds. The third-order valence-corrected chi connectivity index (χ3v) is 2.30. The van der Waals surface area contributed by atoms with Crippen LogP contribution in [0.2, 0.25) is 0 Å². The van der Waals surface area contributed by atoms with Crippen LogP contribution in [0.15, 0.2) is 36.5 Å². The van der Waals surface area contributed by atoms with Gasteiger partial charge in [-0.05, 0) is 0 Å². The van der Waals surface area contributed by atoms with Gasteiger partial charge >= 0.3 is 0 Å². The zero-order chi connectivity index (χ0) is 12.4. The number of carbonyl (C=O) groups excluding carboxylic acids is 2. The third kappa shape index (κ3) is 2.08. The summed E-state index contributed by atoms with van der Waals surface area (Å²) in [6.45, 7) is 0. The summed E-state index contributed by atoms with van der Waals surface area (Å²) in [5, 5.41) is 14.5. The molecule has 2 aromatic rings. The molecule has 0 saturated heterocycles. The molecule has 0 aliphatic rings. The summed E-state index contributed by atoms with van der Waals surface area (Å²) in [6.07, 6.45) is 1.38. The van der Waals surface area contributed by atoms with Gasteiger partial charge in [-0.1, -0.05) is 30.3 Å². The molecule has 0 unspecified atom stereocenters. The molecule has 86 valence electrons. The normalized spacial score (nSPS) is 10.2. The molecule has 1 aromatic heterocycles. The van der Waals surface area contributed by atoms with Crippen LogP contribution >= 0.6 is 0 Å². The molecule has 1 aromatic carbocycles. The summed E-state index contributed by atoms with van der Waals surface area (Å²) in [5.41, 5.74) is 0.128. The predicted octanol–water partition coefficient (Wildman–Crippen LogP) is 0.0146. The van der Waals surface area contributed by atoms with Crippen LogP contribution in [0, 0.1) is 0 Å². The standard InChI is InChI=1S/C12H10N2O3/c1-14-7-9(10(13-14)12(16)17)11(15)8-5-3-2-4-6-8/h2-7H,1H3,(H,16,17)/p-1. The molecular formula is C12H9N2O3-. The van der Waals surface area contributed by atoms with Gasteiger partial charge in [0, 0.05) is 18.8 Å². The predicted molar refractivity (Wildman–Crippen MR) is 57.4 cm³/mol. The van der Waals surface area contributed by atoms with Crippen molar-refractivity contribution >= 4 is 11.8 Å². The quantitative estimate of drug-likeness (QED) is 0.695. The zero-order valence-corrected chi connectivity index (χ0v) is 9.08. The van der Waals surface area contributed by atoms with Crippen molar-refractivity contribution < 1.29 is 14.7 Å². The monoisotopic (exact) mass is 229 g/mol. The fourth-order valence-electron chi connectivity index (χ4n) is 1.55. The Morgan fingerprint density at radius 3 is 2.47 bits per heavy atom. The summed E-state index contributed by atoms with van der Waals surface area (Å²) in [7, 11) is 1.55. The van der Waals surface area contributed by atoms with Gasteiger partial charge in [0.2, 0.25) is 0 Å². The van der Waals surface area contributed by atoms with Crippen LogP contribution in [0.25, 0.3) is 0 Å². The second kappa shape index (κ2) is 4.21. The van der Waals surface area contributed by atoms with Gasteiger partial charge in [-0.3, -0.25) is 9.48 Å². The number of aryl methyl sites for hydroxylation is 1. The van der Waals surface area contributed by atoms with E-state index in [9.17, 15) is 14.7 Å². The Hall–Kier alpha value is -2.43. The molecule has 0 radical (unpaired) electrons. The molecule has 0 N–H and O–H groups in total. The van der Waals surface area contributed by atoms with Gasteiger partial charge in [0.25, 0.3) is 0 Å². The molecule has 0 spiro atoms. The molecular weight excluding hydrogens is 220 g/mol. The highest BCUT2D eigenvalue weighted by molar-refractivity contribution is 6.13. The third-order valence-electron chi connectivity index (χ3n) is 2.30. The van der Waals surface area contributed by atoms with Gasteiger partial charge in [-0.25, -0.2) is 0 Å².